The molecule has 1 unspecified atom stereocenters. The van der Waals surface area contributed by atoms with Gasteiger partial charge in [0.05, 0.1) is 5.52 Å². The third-order valence-electron chi connectivity index (χ3n) is 3.69. The molecular formula is C18H20N2S. The van der Waals surface area contributed by atoms with Crippen LogP contribution in [0, 0.1) is 6.92 Å². The van der Waals surface area contributed by atoms with Crippen molar-refractivity contribution in [3.8, 4) is 0 Å². The summed E-state index contributed by atoms with van der Waals surface area (Å²) in [5.41, 5.74) is 3.48. The van der Waals surface area contributed by atoms with Crippen LogP contribution in [0.5, 0.6) is 0 Å². The van der Waals surface area contributed by atoms with Crippen molar-refractivity contribution in [1.29, 1.82) is 0 Å². The Bertz CT molecular complexity index is 719. The molecular weight excluding hydrogens is 276 g/mol. The first-order valence-electron chi connectivity index (χ1n) is 7.39. The van der Waals surface area contributed by atoms with Crippen LogP contribution in [-0.2, 0) is 6.42 Å². The lowest BCUT2D eigenvalue weighted by Gasteiger charge is -2.18. The largest absolute Gasteiger partial charge is 0.310 e. The van der Waals surface area contributed by atoms with E-state index in [0.29, 0.717) is 6.04 Å². The number of thiophene rings is 1. The van der Waals surface area contributed by atoms with Gasteiger partial charge in [-0.3, -0.25) is 4.98 Å². The molecule has 0 fully saturated rings. The lowest BCUT2D eigenvalue weighted by Crippen LogP contribution is -2.22. The Hall–Kier alpha value is -1.71. The molecule has 0 aliphatic carbocycles. The average Bonchev–Trinajstić information content (AvgIpc) is 2.99. The van der Waals surface area contributed by atoms with Crippen LogP contribution >= 0.6 is 11.3 Å². The molecule has 0 amide bonds. The molecule has 2 nitrogen and oxygen atoms in total. The zero-order valence-corrected chi connectivity index (χ0v) is 13.3. The van der Waals surface area contributed by atoms with Crippen molar-refractivity contribution in [3.05, 3.63) is 64.0 Å². The molecule has 1 aromatic carbocycles. The fourth-order valence-corrected chi connectivity index (χ4v) is 3.40. The number of benzene rings is 1. The first-order chi connectivity index (χ1) is 10.3. The van der Waals surface area contributed by atoms with Crippen LogP contribution < -0.4 is 5.32 Å². The molecule has 0 saturated heterocycles. The highest BCUT2D eigenvalue weighted by molar-refractivity contribution is 7.09. The second-order valence-corrected chi connectivity index (χ2v) is 6.33. The van der Waals surface area contributed by atoms with Crippen LogP contribution in [0.25, 0.3) is 10.9 Å². The Kier molecular flexibility index (Phi) is 4.32. The Morgan fingerprint density at radius 3 is 2.86 bits per heavy atom. The highest BCUT2D eigenvalue weighted by atomic mass is 32.1. The van der Waals surface area contributed by atoms with Gasteiger partial charge >= 0.3 is 0 Å². The summed E-state index contributed by atoms with van der Waals surface area (Å²) >= 11 is 1.83. The van der Waals surface area contributed by atoms with E-state index in [1.807, 2.05) is 18.3 Å². The van der Waals surface area contributed by atoms with E-state index in [0.717, 1.165) is 24.2 Å². The number of nitrogens with one attached hydrogen (secondary N) is 1. The molecule has 0 aliphatic heterocycles. The number of aryl methyl sites for hydroxylation is 1. The van der Waals surface area contributed by atoms with Crippen molar-refractivity contribution in [3.63, 3.8) is 0 Å². The molecule has 0 bridgehead atoms. The van der Waals surface area contributed by atoms with Gasteiger partial charge in [-0.25, -0.2) is 0 Å². The summed E-state index contributed by atoms with van der Waals surface area (Å²) in [6.45, 7) is 5.17. The molecule has 0 saturated carbocycles. The van der Waals surface area contributed by atoms with E-state index in [1.54, 1.807) is 0 Å². The average molecular weight is 296 g/mol. The van der Waals surface area contributed by atoms with Crippen molar-refractivity contribution in [1.82, 2.24) is 10.3 Å². The minimum atomic E-state index is 0.361. The van der Waals surface area contributed by atoms with Crippen molar-refractivity contribution in [2.45, 2.75) is 26.3 Å². The first kappa shape index (κ1) is 14.2. The van der Waals surface area contributed by atoms with Crippen LogP contribution in [0.2, 0.25) is 0 Å². The van der Waals surface area contributed by atoms with E-state index in [9.17, 15) is 0 Å². The molecule has 1 atom stereocenters. The van der Waals surface area contributed by atoms with E-state index >= 15 is 0 Å². The Morgan fingerprint density at radius 1 is 1.19 bits per heavy atom. The maximum Gasteiger partial charge on any atom is 0.0705 e. The van der Waals surface area contributed by atoms with Gasteiger partial charge in [0.1, 0.15) is 0 Å². The minimum Gasteiger partial charge on any atom is -0.310 e. The zero-order chi connectivity index (χ0) is 14.7. The first-order valence-corrected chi connectivity index (χ1v) is 8.27. The van der Waals surface area contributed by atoms with Gasteiger partial charge in [-0.2, -0.15) is 0 Å². The predicted molar refractivity (Wildman–Crippen MR) is 90.9 cm³/mol. The lowest BCUT2D eigenvalue weighted by molar-refractivity contribution is 0.554. The van der Waals surface area contributed by atoms with Gasteiger partial charge in [0.2, 0.25) is 0 Å². The molecule has 3 rings (SSSR count). The van der Waals surface area contributed by atoms with Crippen LogP contribution in [0.1, 0.15) is 29.1 Å². The number of aromatic nitrogens is 1. The summed E-state index contributed by atoms with van der Waals surface area (Å²) in [6, 6.07) is 15.5. The number of hydrogen-bond donors (Lipinski definition) is 1. The molecule has 1 N–H and O–H groups in total. The van der Waals surface area contributed by atoms with E-state index in [4.69, 9.17) is 0 Å². The summed E-state index contributed by atoms with van der Waals surface area (Å²) in [6.07, 6.45) is 1.04. The second-order valence-electron chi connectivity index (χ2n) is 5.30. The third-order valence-corrected chi connectivity index (χ3v) is 4.59. The number of fused-ring (bicyclic) bond motifs is 1. The Labute approximate surface area is 129 Å². The molecule has 3 aromatic rings. The molecule has 0 radical (unpaired) electrons. The molecule has 3 heteroatoms. The van der Waals surface area contributed by atoms with Gasteiger partial charge in [-0.05, 0) is 48.7 Å². The van der Waals surface area contributed by atoms with E-state index < -0.39 is 0 Å². The molecule has 0 aliphatic rings. The van der Waals surface area contributed by atoms with Crippen molar-refractivity contribution in [2.75, 3.05) is 6.54 Å². The van der Waals surface area contributed by atoms with E-state index in [1.165, 1.54) is 15.8 Å². The molecule has 2 aromatic heterocycles. The summed E-state index contributed by atoms with van der Waals surface area (Å²) < 4.78 is 0. The molecule has 0 spiro atoms. The number of rotatable bonds is 5. The van der Waals surface area contributed by atoms with Gasteiger partial charge in [0, 0.05) is 28.4 Å². The third kappa shape index (κ3) is 3.31. The van der Waals surface area contributed by atoms with Gasteiger partial charge in [-0.15, -0.1) is 11.3 Å². The smallest absolute Gasteiger partial charge is 0.0705 e. The van der Waals surface area contributed by atoms with E-state index in [2.05, 4.69) is 65.1 Å². The van der Waals surface area contributed by atoms with Gasteiger partial charge in [0.25, 0.3) is 0 Å². The number of hydrogen-bond acceptors (Lipinski definition) is 3. The summed E-state index contributed by atoms with van der Waals surface area (Å²) in [7, 11) is 0. The fourth-order valence-electron chi connectivity index (χ4n) is 2.65. The van der Waals surface area contributed by atoms with Gasteiger partial charge in [0.15, 0.2) is 0 Å². The highest BCUT2D eigenvalue weighted by Gasteiger charge is 2.12. The summed E-state index contributed by atoms with van der Waals surface area (Å²) in [5, 5.41) is 6.96. The quantitative estimate of drug-likeness (QED) is 0.750. The predicted octanol–water partition coefficient (Wildman–Crippen LogP) is 4.50. The maximum absolute atomic E-state index is 4.58. The SMILES string of the molecule is CCNC(Cc1cccs1)c1ccc2nc(C)ccc2c1. The highest BCUT2D eigenvalue weighted by Crippen LogP contribution is 2.24. The van der Waals surface area contributed by atoms with Crippen molar-refractivity contribution in [2.24, 2.45) is 0 Å². The summed E-state index contributed by atoms with van der Waals surface area (Å²) in [5.74, 6) is 0. The normalized spacial score (nSPS) is 12.7. The number of pyridine rings is 1. The van der Waals surface area contributed by atoms with Gasteiger partial charge < -0.3 is 5.32 Å². The van der Waals surface area contributed by atoms with Crippen LogP contribution in [0.15, 0.2) is 47.8 Å². The lowest BCUT2D eigenvalue weighted by atomic mass is 10.0. The van der Waals surface area contributed by atoms with E-state index in [-0.39, 0.29) is 0 Å². The zero-order valence-electron chi connectivity index (χ0n) is 12.5. The maximum atomic E-state index is 4.58. The topological polar surface area (TPSA) is 24.9 Å². The van der Waals surface area contributed by atoms with Crippen molar-refractivity contribution < 1.29 is 0 Å². The second kappa shape index (κ2) is 6.37. The summed E-state index contributed by atoms with van der Waals surface area (Å²) in [4.78, 5) is 6.00. The van der Waals surface area contributed by atoms with Crippen LogP contribution in [-0.4, -0.2) is 11.5 Å². The van der Waals surface area contributed by atoms with Crippen molar-refractivity contribution >= 4 is 22.2 Å². The Balaban J connectivity index is 1.92. The fraction of sp³-hybridized carbons (Fsp3) is 0.278. The standard InChI is InChI=1S/C18H20N2S/c1-3-19-18(12-16-5-4-10-21-16)15-8-9-17-14(11-15)7-6-13(2)20-17/h4-11,18-19H,3,12H2,1-2H3. The molecule has 108 valence electrons. The monoisotopic (exact) mass is 296 g/mol. The molecule has 21 heavy (non-hydrogen) atoms. The van der Waals surface area contributed by atoms with Gasteiger partial charge in [-0.1, -0.05) is 25.1 Å². The number of nitrogens with zero attached hydrogens (tertiary/aromatic N) is 1. The number of likely N-dealkylation sites (N-methyl/N-ethyl adjacent to an activating group) is 1. The van der Waals surface area contributed by atoms with Crippen LogP contribution in [0.3, 0.4) is 0 Å². The van der Waals surface area contributed by atoms with Crippen LogP contribution in [0.4, 0.5) is 0 Å². The Morgan fingerprint density at radius 2 is 2.10 bits per heavy atom. The minimum absolute atomic E-state index is 0.361. The molecule has 2 heterocycles.